The first-order valence-corrected chi connectivity index (χ1v) is 7.24. The number of aliphatic hydroxyl groups is 1. The monoisotopic (exact) mass is 358 g/mol. The van der Waals surface area contributed by atoms with Crippen molar-refractivity contribution in [3.05, 3.63) is 28.2 Å². The van der Waals surface area contributed by atoms with Gasteiger partial charge >= 0.3 is 13.1 Å². The van der Waals surface area contributed by atoms with E-state index in [1.807, 2.05) is 0 Å². The fourth-order valence-electron chi connectivity index (χ4n) is 1.48. The summed E-state index contributed by atoms with van der Waals surface area (Å²) < 4.78 is 10.8. The van der Waals surface area contributed by atoms with Gasteiger partial charge in [-0.15, -0.1) is 0 Å². The zero-order valence-corrected chi connectivity index (χ0v) is 14.4. The summed E-state index contributed by atoms with van der Waals surface area (Å²) in [6.07, 6.45) is 0. The quantitative estimate of drug-likeness (QED) is 0.616. The van der Waals surface area contributed by atoms with Crippen molar-refractivity contribution >= 4 is 34.5 Å². The molecule has 0 fully saturated rings. The highest BCUT2D eigenvalue weighted by atomic mass is 79.9. The van der Waals surface area contributed by atoms with Gasteiger partial charge in [0.1, 0.15) is 0 Å². The average Bonchev–Trinajstić information content (AvgIpc) is 2.35. The van der Waals surface area contributed by atoms with Gasteiger partial charge < -0.3 is 19.5 Å². The summed E-state index contributed by atoms with van der Waals surface area (Å²) in [6.45, 7) is 6.55. The van der Waals surface area contributed by atoms with Crippen molar-refractivity contribution in [3.63, 3.8) is 0 Å². The summed E-state index contributed by atoms with van der Waals surface area (Å²) in [5.41, 5.74) is -1.45. The van der Waals surface area contributed by atoms with Gasteiger partial charge in [-0.1, -0.05) is 15.9 Å². The molecule has 0 heterocycles. The molecule has 0 aliphatic rings. The molecule has 0 aliphatic heterocycles. The standard InChI is InChI=1S/C14H20BBrO5/c1-13(2,18)14(3,4)21-15(19)10-6-9(12(17)20-5)7-11(16)8-10/h6-8,18-19H,1-5H3. The highest BCUT2D eigenvalue weighted by Crippen LogP contribution is 2.25. The van der Waals surface area contributed by atoms with Gasteiger partial charge in [-0.25, -0.2) is 4.79 Å². The van der Waals surface area contributed by atoms with E-state index in [4.69, 9.17) is 4.65 Å². The third-order valence-corrected chi connectivity index (χ3v) is 3.96. The molecule has 0 saturated carbocycles. The molecule has 2 N–H and O–H groups in total. The summed E-state index contributed by atoms with van der Waals surface area (Å²) in [7, 11) is 0.0000735. The van der Waals surface area contributed by atoms with Crippen LogP contribution in [0.2, 0.25) is 0 Å². The lowest BCUT2D eigenvalue weighted by molar-refractivity contribution is -0.0982. The predicted octanol–water partition coefficient (Wildman–Crippen LogP) is 1.49. The van der Waals surface area contributed by atoms with Crippen LogP contribution >= 0.6 is 15.9 Å². The summed E-state index contributed by atoms with van der Waals surface area (Å²) in [6, 6.07) is 4.71. The Morgan fingerprint density at radius 1 is 1.24 bits per heavy atom. The molecule has 116 valence electrons. The van der Waals surface area contributed by atoms with Crippen LogP contribution in [0.3, 0.4) is 0 Å². The predicted molar refractivity (Wildman–Crippen MR) is 84.6 cm³/mol. The molecule has 1 aromatic rings. The molecule has 1 rings (SSSR count). The Balaban J connectivity index is 3.06. The molecule has 0 amide bonds. The summed E-state index contributed by atoms with van der Waals surface area (Å²) >= 11 is 3.27. The summed E-state index contributed by atoms with van der Waals surface area (Å²) in [4.78, 5) is 11.6. The van der Waals surface area contributed by atoms with E-state index in [1.54, 1.807) is 39.8 Å². The van der Waals surface area contributed by atoms with Crippen LogP contribution in [0.25, 0.3) is 0 Å². The van der Waals surface area contributed by atoms with Crippen LogP contribution in [0.4, 0.5) is 0 Å². The lowest BCUT2D eigenvalue weighted by Crippen LogP contribution is -2.53. The topological polar surface area (TPSA) is 76.0 Å². The maximum Gasteiger partial charge on any atom is 0.491 e. The number of rotatable bonds is 5. The molecule has 0 spiro atoms. The molecule has 0 unspecified atom stereocenters. The maximum absolute atomic E-state index is 11.6. The molecule has 0 aromatic heterocycles. The average molecular weight is 359 g/mol. The fourth-order valence-corrected chi connectivity index (χ4v) is 1.99. The second-order valence-electron chi connectivity index (χ2n) is 5.80. The third-order valence-electron chi connectivity index (χ3n) is 3.51. The molecule has 0 aliphatic carbocycles. The highest BCUT2D eigenvalue weighted by molar-refractivity contribution is 9.10. The number of hydrogen-bond acceptors (Lipinski definition) is 5. The van der Waals surface area contributed by atoms with E-state index in [-0.39, 0.29) is 0 Å². The number of ether oxygens (including phenoxy) is 1. The van der Waals surface area contributed by atoms with Gasteiger partial charge in [-0.3, -0.25) is 0 Å². The Kier molecular flexibility index (Phi) is 5.60. The first-order valence-electron chi connectivity index (χ1n) is 6.45. The highest BCUT2D eigenvalue weighted by Gasteiger charge is 2.39. The summed E-state index contributed by atoms with van der Waals surface area (Å²) in [5.74, 6) is -0.508. The van der Waals surface area contributed by atoms with E-state index in [1.165, 1.54) is 13.2 Å². The number of esters is 1. The van der Waals surface area contributed by atoms with E-state index in [0.717, 1.165) is 0 Å². The molecular formula is C14H20BBrO5. The van der Waals surface area contributed by atoms with Crippen molar-refractivity contribution in [1.29, 1.82) is 0 Å². The van der Waals surface area contributed by atoms with E-state index >= 15 is 0 Å². The van der Waals surface area contributed by atoms with E-state index < -0.39 is 24.3 Å². The fraction of sp³-hybridized carbons (Fsp3) is 0.500. The zero-order chi connectivity index (χ0) is 16.4. The van der Waals surface area contributed by atoms with Crippen molar-refractivity contribution in [2.75, 3.05) is 7.11 Å². The molecular weight excluding hydrogens is 339 g/mol. The zero-order valence-electron chi connectivity index (χ0n) is 12.8. The lowest BCUT2D eigenvalue weighted by atomic mass is 9.76. The SMILES string of the molecule is COC(=O)c1cc(Br)cc(B(O)OC(C)(C)C(C)(C)O)c1. The van der Waals surface area contributed by atoms with E-state index in [0.29, 0.717) is 15.5 Å². The third kappa shape index (κ3) is 4.54. The van der Waals surface area contributed by atoms with Crippen LogP contribution in [0.15, 0.2) is 22.7 Å². The lowest BCUT2D eigenvalue weighted by Gasteiger charge is -2.38. The molecule has 0 atom stereocenters. The minimum Gasteiger partial charge on any atom is -0.465 e. The summed E-state index contributed by atoms with van der Waals surface area (Å²) in [5, 5.41) is 20.3. The van der Waals surface area contributed by atoms with Gasteiger partial charge in [-0.2, -0.15) is 0 Å². The second-order valence-corrected chi connectivity index (χ2v) is 6.72. The molecule has 7 heteroatoms. The van der Waals surface area contributed by atoms with Crippen molar-refractivity contribution in [1.82, 2.24) is 0 Å². The van der Waals surface area contributed by atoms with Crippen LogP contribution in [0.1, 0.15) is 38.1 Å². The number of hydrogen-bond donors (Lipinski definition) is 2. The second kappa shape index (κ2) is 6.48. The van der Waals surface area contributed by atoms with Gasteiger partial charge in [0.25, 0.3) is 0 Å². The molecule has 5 nitrogen and oxygen atoms in total. The van der Waals surface area contributed by atoms with Gasteiger partial charge in [0.2, 0.25) is 0 Å². The van der Waals surface area contributed by atoms with Crippen LogP contribution in [0, 0.1) is 0 Å². The Morgan fingerprint density at radius 2 is 1.81 bits per heavy atom. The van der Waals surface area contributed by atoms with Gasteiger partial charge in [0.15, 0.2) is 0 Å². The normalized spacial score (nSPS) is 12.2. The van der Waals surface area contributed by atoms with E-state index in [9.17, 15) is 14.9 Å². The largest absolute Gasteiger partial charge is 0.491 e. The number of halogens is 1. The maximum atomic E-state index is 11.6. The Morgan fingerprint density at radius 3 is 2.29 bits per heavy atom. The van der Waals surface area contributed by atoms with Crippen molar-refractivity contribution in [2.45, 2.75) is 38.9 Å². The van der Waals surface area contributed by atoms with Gasteiger partial charge in [0.05, 0.1) is 23.9 Å². The van der Waals surface area contributed by atoms with Gasteiger partial charge in [0, 0.05) is 4.47 Å². The van der Waals surface area contributed by atoms with Crippen LogP contribution in [0.5, 0.6) is 0 Å². The number of benzene rings is 1. The van der Waals surface area contributed by atoms with Gasteiger partial charge in [-0.05, 0) is 51.4 Å². The van der Waals surface area contributed by atoms with Crippen molar-refractivity contribution in [3.8, 4) is 0 Å². The first kappa shape index (κ1) is 18.2. The van der Waals surface area contributed by atoms with Crippen LogP contribution < -0.4 is 5.46 Å². The minimum atomic E-state index is -1.28. The number of carbonyl (C=O) groups is 1. The molecule has 21 heavy (non-hydrogen) atoms. The minimum absolute atomic E-state index is 0.297. The first-order chi connectivity index (χ1) is 9.48. The van der Waals surface area contributed by atoms with Crippen molar-refractivity contribution in [2.24, 2.45) is 0 Å². The Hall–Kier alpha value is -0.885. The number of carbonyl (C=O) groups excluding carboxylic acids is 1. The molecule has 1 aromatic carbocycles. The molecule has 0 radical (unpaired) electrons. The van der Waals surface area contributed by atoms with Crippen LogP contribution in [-0.2, 0) is 9.39 Å². The molecule has 0 bridgehead atoms. The smallest absolute Gasteiger partial charge is 0.465 e. The molecule has 0 saturated heterocycles. The van der Waals surface area contributed by atoms with Crippen LogP contribution in [-0.4, -0.2) is 41.5 Å². The van der Waals surface area contributed by atoms with E-state index in [2.05, 4.69) is 20.7 Å². The van der Waals surface area contributed by atoms with Crippen molar-refractivity contribution < 1.29 is 24.3 Å². The Labute approximate surface area is 133 Å². The number of methoxy groups -OCH3 is 1. The Bertz CT molecular complexity index is 525.